The zero-order valence-electron chi connectivity index (χ0n) is 12.6. The van der Waals surface area contributed by atoms with Crippen molar-refractivity contribution in [1.82, 2.24) is 15.0 Å². The van der Waals surface area contributed by atoms with E-state index in [4.69, 9.17) is 0 Å². The maximum absolute atomic E-state index is 10.7. The van der Waals surface area contributed by atoms with Crippen LogP contribution in [0.25, 0.3) is 5.69 Å². The second-order valence-electron chi connectivity index (χ2n) is 5.45. The average molecular weight is 312 g/mol. The number of non-ortho nitro benzene ring substituents is 1. The minimum Gasteiger partial charge on any atom is -0.353 e. The van der Waals surface area contributed by atoms with E-state index >= 15 is 0 Å². The fourth-order valence-corrected chi connectivity index (χ4v) is 2.69. The first-order valence-corrected chi connectivity index (χ1v) is 7.56. The molecule has 0 amide bonds. The Balaban J connectivity index is 1.92. The molecular formula is C15H16N6O2. The molecule has 0 radical (unpaired) electrons. The Morgan fingerprint density at radius 2 is 1.74 bits per heavy atom. The second-order valence-corrected chi connectivity index (χ2v) is 5.45. The van der Waals surface area contributed by atoms with Gasteiger partial charge in [-0.15, -0.1) is 15.0 Å². The summed E-state index contributed by atoms with van der Waals surface area (Å²) in [6.45, 7) is 1.74. The third-order valence-corrected chi connectivity index (χ3v) is 3.90. The van der Waals surface area contributed by atoms with Crippen molar-refractivity contribution in [3.05, 3.63) is 40.1 Å². The van der Waals surface area contributed by atoms with Crippen LogP contribution >= 0.6 is 0 Å². The van der Waals surface area contributed by atoms with Crippen molar-refractivity contribution < 1.29 is 4.92 Å². The molecule has 1 aliphatic rings. The molecule has 0 N–H and O–H groups in total. The van der Waals surface area contributed by atoms with E-state index in [1.165, 1.54) is 29.8 Å². The summed E-state index contributed by atoms with van der Waals surface area (Å²) < 4.78 is 0. The van der Waals surface area contributed by atoms with Crippen molar-refractivity contribution in [2.45, 2.75) is 25.7 Å². The quantitative estimate of drug-likeness (QED) is 0.637. The lowest BCUT2D eigenvalue weighted by Crippen LogP contribution is -2.25. The molecule has 2 aromatic rings. The van der Waals surface area contributed by atoms with Crippen molar-refractivity contribution in [1.29, 1.82) is 5.26 Å². The molecule has 8 heteroatoms. The van der Waals surface area contributed by atoms with Crippen LogP contribution in [0.2, 0.25) is 0 Å². The first-order valence-electron chi connectivity index (χ1n) is 7.56. The van der Waals surface area contributed by atoms with Gasteiger partial charge in [0, 0.05) is 25.2 Å². The molecule has 0 spiro atoms. The highest BCUT2D eigenvalue weighted by atomic mass is 16.6. The van der Waals surface area contributed by atoms with Crippen molar-refractivity contribution in [3.8, 4) is 11.8 Å². The van der Waals surface area contributed by atoms with E-state index in [1.807, 2.05) is 0 Å². The summed E-state index contributed by atoms with van der Waals surface area (Å²) in [6, 6.07) is 8.04. The molecule has 0 unspecified atom stereocenters. The van der Waals surface area contributed by atoms with Gasteiger partial charge in [-0.05, 0) is 25.0 Å². The number of aromatic nitrogens is 3. The fraction of sp³-hybridized carbons (Fsp3) is 0.400. The maximum Gasteiger partial charge on any atom is 0.269 e. The topological polar surface area (TPSA) is 101 Å². The summed E-state index contributed by atoms with van der Waals surface area (Å²) in [6.07, 6.45) is 4.54. The SMILES string of the molecule is N#Cc1nn(-c2ccc([N+](=O)[O-])cc2)nc1N1CCCCCC1. The molecule has 8 nitrogen and oxygen atoms in total. The predicted octanol–water partition coefficient (Wildman–Crippen LogP) is 2.43. The summed E-state index contributed by atoms with van der Waals surface area (Å²) in [4.78, 5) is 13.7. The minimum atomic E-state index is -0.455. The summed E-state index contributed by atoms with van der Waals surface area (Å²) in [5, 5.41) is 28.7. The molecule has 1 aliphatic heterocycles. The van der Waals surface area contributed by atoms with Gasteiger partial charge in [-0.1, -0.05) is 12.8 Å². The molecule has 1 fully saturated rings. The first kappa shape index (κ1) is 15.0. The molecule has 118 valence electrons. The third-order valence-electron chi connectivity index (χ3n) is 3.90. The van der Waals surface area contributed by atoms with Crippen LogP contribution in [0.1, 0.15) is 31.4 Å². The molecule has 1 saturated heterocycles. The highest BCUT2D eigenvalue weighted by Gasteiger charge is 2.20. The van der Waals surface area contributed by atoms with Crippen LogP contribution < -0.4 is 4.90 Å². The van der Waals surface area contributed by atoms with Gasteiger partial charge in [0.25, 0.3) is 5.69 Å². The van der Waals surface area contributed by atoms with Crippen molar-refractivity contribution in [2.75, 3.05) is 18.0 Å². The van der Waals surface area contributed by atoms with Gasteiger partial charge in [0.2, 0.25) is 5.69 Å². The molecule has 0 aliphatic carbocycles. The van der Waals surface area contributed by atoms with E-state index in [1.54, 1.807) is 12.1 Å². The monoisotopic (exact) mass is 312 g/mol. The van der Waals surface area contributed by atoms with Crippen LogP contribution in [0.3, 0.4) is 0 Å². The van der Waals surface area contributed by atoms with Gasteiger partial charge in [-0.3, -0.25) is 10.1 Å². The van der Waals surface area contributed by atoms with Crippen LogP contribution in [0.15, 0.2) is 24.3 Å². The van der Waals surface area contributed by atoms with Gasteiger partial charge in [0.05, 0.1) is 10.6 Å². The van der Waals surface area contributed by atoms with E-state index < -0.39 is 4.92 Å². The Kier molecular flexibility index (Phi) is 4.19. The number of benzene rings is 1. The van der Waals surface area contributed by atoms with E-state index in [0.29, 0.717) is 11.5 Å². The molecule has 2 heterocycles. The molecule has 1 aromatic carbocycles. The summed E-state index contributed by atoms with van der Waals surface area (Å²) in [5.41, 5.74) is 0.882. The van der Waals surface area contributed by atoms with E-state index in [9.17, 15) is 15.4 Å². The number of nitro benzene ring substituents is 1. The van der Waals surface area contributed by atoms with Crippen molar-refractivity contribution in [2.24, 2.45) is 0 Å². The summed E-state index contributed by atoms with van der Waals surface area (Å²) in [5.74, 6) is 0.591. The lowest BCUT2D eigenvalue weighted by molar-refractivity contribution is -0.384. The zero-order chi connectivity index (χ0) is 16.2. The van der Waals surface area contributed by atoms with Gasteiger partial charge >= 0.3 is 0 Å². The number of nitriles is 1. The fourth-order valence-electron chi connectivity index (χ4n) is 2.69. The van der Waals surface area contributed by atoms with E-state index in [0.717, 1.165) is 25.9 Å². The van der Waals surface area contributed by atoms with Gasteiger partial charge < -0.3 is 4.90 Å². The number of nitrogens with zero attached hydrogens (tertiary/aromatic N) is 6. The molecule has 1 aromatic heterocycles. The third kappa shape index (κ3) is 3.13. The number of hydrogen-bond acceptors (Lipinski definition) is 6. The maximum atomic E-state index is 10.7. The molecular weight excluding hydrogens is 296 g/mol. The Morgan fingerprint density at radius 1 is 1.09 bits per heavy atom. The molecule has 0 atom stereocenters. The lowest BCUT2D eigenvalue weighted by atomic mass is 10.2. The lowest BCUT2D eigenvalue weighted by Gasteiger charge is -2.18. The highest BCUT2D eigenvalue weighted by molar-refractivity contribution is 5.50. The largest absolute Gasteiger partial charge is 0.353 e. The Morgan fingerprint density at radius 3 is 2.30 bits per heavy atom. The van der Waals surface area contributed by atoms with Gasteiger partial charge in [0.1, 0.15) is 6.07 Å². The van der Waals surface area contributed by atoms with Crippen molar-refractivity contribution in [3.63, 3.8) is 0 Å². The van der Waals surface area contributed by atoms with E-state index in [-0.39, 0.29) is 11.4 Å². The average Bonchev–Trinajstić information content (AvgIpc) is 2.82. The Hall–Kier alpha value is -2.95. The van der Waals surface area contributed by atoms with Crippen LogP contribution in [0.5, 0.6) is 0 Å². The van der Waals surface area contributed by atoms with Crippen LogP contribution in [-0.4, -0.2) is 33.0 Å². The van der Waals surface area contributed by atoms with Crippen LogP contribution in [0.4, 0.5) is 11.5 Å². The summed E-state index contributed by atoms with van der Waals surface area (Å²) in [7, 11) is 0. The number of nitro groups is 1. The first-order chi connectivity index (χ1) is 11.2. The number of anilines is 1. The molecule has 3 rings (SSSR count). The van der Waals surface area contributed by atoms with Gasteiger partial charge in [-0.25, -0.2) is 0 Å². The van der Waals surface area contributed by atoms with Crippen LogP contribution in [-0.2, 0) is 0 Å². The molecule has 23 heavy (non-hydrogen) atoms. The normalized spacial score (nSPS) is 15.0. The van der Waals surface area contributed by atoms with Crippen molar-refractivity contribution >= 4 is 11.5 Å². The second kappa shape index (κ2) is 6.44. The minimum absolute atomic E-state index is 0.00848. The smallest absolute Gasteiger partial charge is 0.269 e. The Labute approximate surface area is 133 Å². The van der Waals surface area contributed by atoms with E-state index in [2.05, 4.69) is 21.2 Å². The predicted molar refractivity (Wildman–Crippen MR) is 83.4 cm³/mol. The van der Waals surface area contributed by atoms with Crippen LogP contribution in [0, 0.1) is 21.4 Å². The standard InChI is InChI=1S/C15H16N6O2/c16-11-14-15(19-9-3-1-2-4-10-19)18-20(17-14)12-5-7-13(8-6-12)21(22)23/h5-8H,1-4,9-10H2. The summed E-state index contributed by atoms with van der Waals surface area (Å²) >= 11 is 0. The van der Waals surface area contributed by atoms with Gasteiger partial charge in [-0.2, -0.15) is 5.26 Å². The van der Waals surface area contributed by atoms with Gasteiger partial charge in [0.15, 0.2) is 5.82 Å². The zero-order valence-corrected chi connectivity index (χ0v) is 12.6. The highest BCUT2D eigenvalue weighted by Crippen LogP contribution is 2.22. The number of hydrogen-bond donors (Lipinski definition) is 0. The Bertz CT molecular complexity index is 738. The molecule has 0 bridgehead atoms. The molecule has 0 saturated carbocycles. The number of rotatable bonds is 3.